The molecule has 0 spiro atoms. The monoisotopic (exact) mass is 224 g/mol. The Bertz CT molecular complexity index is 343. The van der Waals surface area contributed by atoms with Gasteiger partial charge in [0.2, 0.25) is 0 Å². The molecule has 0 nitrogen and oxygen atoms in total. The third-order valence-electron chi connectivity index (χ3n) is 1.85. The molecule has 0 bridgehead atoms. The van der Waals surface area contributed by atoms with E-state index >= 15 is 0 Å². The number of hydrogen-bond acceptors (Lipinski definition) is 1. The summed E-state index contributed by atoms with van der Waals surface area (Å²) in [6, 6.07) is 2.63. The largest absolute Gasteiger partial charge is 0.446 e. The molecule has 0 aromatic heterocycles. The minimum atomic E-state index is -4.44. The Morgan fingerprint density at radius 2 is 1.71 bits per heavy atom. The topological polar surface area (TPSA) is 0 Å². The van der Waals surface area contributed by atoms with Gasteiger partial charge in [-0.15, -0.1) is 0 Å². The second-order valence-corrected chi connectivity index (χ2v) is 3.97. The lowest BCUT2D eigenvalue weighted by Crippen LogP contribution is -2.01. The zero-order valence-electron chi connectivity index (χ0n) is 7.57. The van der Waals surface area contributed by atoms with Crippen LogP contribution in [0.2, 0.25) is 0 Å². The van der Waals surface area contributed by atoms with Crippen molar-refractivity contribution in [2.75, 3.05) is 0 Å². The molecule has 0 aliphatic rings. The predicted molar refractivity (Wildman–Crippen MR) is 47.8 cm³/mol. The molecule has 78 valence electrons. The molecule has 0 aliphatic heterocycles. The molecule has 0 atom stereocenters. The first kappa shape index (κ1) is 11.4. The summed E-state index contributed by atoms with van der Waals surface area (Å²) in [6.07, 6.45) is 0. The highest BCUT2D eigenvalue weighted by Gasteiger charge is 2.31. The van der Waals surface area contributed by atoms with Crippen molar-refractivity contribution in [1.29, 1.82) is 0 Å². The Hall–Kier alpha value is -0.710. The van der Waals surface area contributed by atoms with Crippen LogP contribution in [0.1, 0.15) is 11.1 Å². The van der Waals surface area contributed by atoms with Gasteiger partial charge in [-0.2, -0.15) is 13.2 Å². The van der Waals surface area contributed by atoms with Crippen LogP contribution >= 0.6 is 11.8 Å². The van der Waals surface area contributed by atoms with E-state index in [1.54, 1.807) is 6.92 Å². The first-order valence-electron chi connectivity index (χ1n) is 3.82. The van der Waals surface area contributed by atoms with E-state index in [0.717, 1.165) is 6.07 Å². The fourth-order valence-electron chi connectivity index (χ4n) is 0.960. The van der Waals surface area contributed by atoms with Gasteiger partial charge in [-0.05, 0) is 42.8 Å². The minimum absolute atomic E-state index is 0.263. The molecule has 1 rings (SSSR count). The van der Waals surface area contributed by atoms with Crippen molar-refractivity contribution in [3.63, 3.8) is 0 Å². The summed E-state index contributed by atoms with van der Waals surface area (Å²) >= 11 is -0.425. The molecule has 0 amide bonds. The van der Waals surface area contributed by atoms with E-state index in [0.29, 0.717) is 5.56 Å². The van der Waals surface area contributed by atoms with Gasteiger partial charge < -0.3 is 0 Å². The molecule has 0 fully saturated rings. The number of benzene rings is 1. The van der Waals surface area contributed by atoms with E-state index in [9.17, 15) is 17.6 Å². The zero-order chi connectivity index (χ0) is 10.9. The number of halogens is 4. The van der Waals surface area contributed by atoms with Crippen LogP contribution in [0.25, 0.3) is 0 Å². The highest BCUT2D eigenvalue weighted by Crippen LogP contribution is 2.38. The lowest BCUT2D eigenvalue weighted by Gasteiger charge is -2.09. The van der Waals surface area contributed by atoms with E-state index in [1.807, 2.05) is 0 Å². The molecule has 1 aromatic rings. The molecule has 14 heavy (non-hydrogen) atoms. The Kier molecular flexibility index (Phi) is 3.09. The van der Waals surface area contributed by atoms with Gasteiger partial charge in [-0.1, -0.05) is 6.07 Å². The molecule has 0 radical (unpaired) electrons. The van der Waals surface area contributed by atoms with Gasteiger partial charge in [-0.25, -0.2) is 4.39 Å². The second kappa shape index (κ2) is 3.81. The molecule has 0 saturated carbocycles. The quantitative estimate of drug-likeness (QED) is 0.512. The summed E-state index contributed by atoms with van der Waals surface area (Å²) in [5.41, 5.74) is -3.53. The van der Waals surface area contributed by atoms with Gasteiger partial charge >= 0.3 is 5.51 Å². The minimum Gasteiger partial charge on any atom is -0.205 e. The van der Waals surface area contributed by atoms with Crippen LogP contribution in [0.5, 0.6) is 0 Å². The summed E-state index contributed by atoms with van der Waals surface area (Å²) in [6.45, 7) is 3.12. The van der Waals surface area contributed by atoms with Crippen LogP contribution in [0.4, 0.5) is 17.6 Å². The SMILES string of the molecule is Cc1ccc(SC(F)(F)F)c(F)c1C. The van der Waals surface area contributed by atoms with E-state index in [2.05, 4.69) is 0 Å². The standard InChI is InChI=1S/C9H8F4S/c1-5-3-4-7(8(10)6(5)2)14-9(11,12)13/h3-4H,1-2H3. The van der Waals surface area contributed by atoms with Gasteiger partial charge in [0.1, 0.15) is 5.82 Å². The van der Waals surface area contributed by atoms with Crippen molar-refractivity contribution in [2.45, 2.75) is 24.3 Å². The van der Waals surface area contributed by atoms with Crippen molar-refractivity contribution in [3.05, 3.63) is 29.1 Å². The molecular formula is C9H8F4S. The van der Waals surface area contributed by atoms with Crippen LogP contribution in [0, 0.1) is 19.7 Å². The Labute approximate surface area is 83.3 Å². The molecule has 0 aliphatic carbocycles. The van der Waals surface area contributed by atoms with Crippen molar-refractivity contribution in [2.24, 2.45) is 0 Å². The van der Waals surface area contributed by atoms with Gasteiger partial charge in [-0.3, -0.25) is 0 Å². The lowest BCUT2D eigenvalue weighted by atomic mass is 10.1. The Balaban J connectivity index is 3.06. The molecule has 5 heteroatoms. The van der Waals surface area contributed by atoms with E-state index in [4.69, 9.17) is 0 Å². The molecule has 1 aromatic carbocycles. The molecule has 0 N–H and O–H groups in total. The summed E-state index contributed by atoms with van der Waals surface area (Å²) in [5.74, 6) is -0.785. The van der Waals surface area contributed by atoms with E-state index in [1.165, 1.54) is 13.0 Å². The lowest BCUT2D eigenvalue weighted by molar-refractivity contribution is -0.0329. The Morgan fingerprint density at radius 3 is 2.21 bits per heavy atom. The van der Waals surface area contributed by atoms with E-state index in [-0.39, 0.29) is 10.5 Å². The fourth-order valence-corrected chi connectivity index (χ4v) is 1.59. The first-order valence-corrected chi connectivity index (χ1v) is 4.64. The average molecular weight is 224 g/mol. The smallest absolute Gasteiger partial charge is 0.205 e. The van der Waals surface area contributed by atoms with Crippen molar-refractivity contribution < 1.29 is 17.6 Å². The summed E-state index contributed by atoms with van der Waals surface area (Å²) in [5, 5.41) is 0. The number of alkyl halides is 3. The van der Waals surface area contributed by atoms with Crippen molar-refractivity contribution >= 4 is 11.8 Å². The van der Waals surface area contributed by atoms with Gasteiger partial charge in [0, 0.05) is 0 Å². The maximum absolute atomic E-state index is 13.3. The predicted octanol–water partition coefficient (Wildman–Crippen LogP) is 4.05. The number of thioether (sulfide) groups is 1. The van der Waals surface area contributed by atoms with Gasteiger partial charge in [0.25, 0.3) is 0 Å². The average Bonchev–Trinajstić information content (AvgIpc) is 2.04. The van der Waals surface area contributed by atoms with Crippen LogP contribution in [0.3, 0.4) is 0 Å². The molecule has 0 unspecified atom stereocenters. The Morgan fingerprint density at radius 1 is 1.14 bits per heavy atom. The normalized spacial score (nSPS) is 11.9. The number of rotatable bonds is 1. The molecular weight excluding hydrogens is 216 g/mol. The molecule has 0 saturated heterocycles. The molecule has 0 heterocycles. The van der Waals surface area contributed by atoms with Crippen LogP contribution in [0.15, 0.2) is 17.0 Å². The van der Waals surface area contributed by atoms with Crippen molar-refractivity contribution in [1.82, 2.24) is 0 Å². The summed E-state index contributed by atoms with van der Waals surface area (Å²) in [4.78, 5) is -0.374. The highest BCUT2D eigenvalue weighted by atomic mass is 32.2. The van der Waals surface area contributed by atoms with E-state index < -0.39 is 23.1 Å². The van der Waals surface area contributed by atoms with Gasteiger partial charge in [0.15, 0.2) is 0 Å². The van der Waals surface area contributed by atoms with Crippen LogP contribution in [-0.4, -0.2) is 5.51 Å². The van der Waals surface area contributed by atoms with Crippen molar-refractivity contribution in [3.8, 4) is 0 Å². The number of aryl methyl sites for hydroxylation is 1. The number of hydrogen-bond donors (Lipinski definition) is 0. The zero-order valence-corrected chi connectivity index (χ0v) is 8.39. The van der Waals surface area contributed by atoms with Crippen LogP contribution < -0.4 is 0 Å². The van der Waals surface area contributed by atoms with Crippen LogP contribution in [-0.2, 0) is 0 Å². The fraction of sp³-hybridized carbons (Fsp3) is 0.333. The highest BCUT2D eigenvalue weighted by molar-refractivity contribution is 8.00. The second-order valence-electron chi connectivity index (χ2n) is 2.87. The summed E-state index contributed by atoms with van der Waals surface area (Å²) < 4.78 is 49.1. The maximum Gasteiger partial charge on any atom is 0.446 e. The maximum atomic E-state index is 13.3. The third-order valence-corrected chi connectivity index (χ3v) is 2.61. The first-order chi connectivity index (χ1) is 6.31. The third kappa shape index (κ3) is 2.64. The summed E-state index contributed by atoms with van der Waals surface area (Å²) in [7, 11) is 0. The van der Waals surface area contributed by atoms with Gasteiger partial charge in [0.05, 0.1) is 4.90 Å².